The van der Waals surface area contributed by atoms with E-state index in [9.17, 15) is 4.79 Å². The van der Waals surface area contributed by atoms with E-state index in [1.54, 1.807) is 12.1 Å². The molecule has 0 fully saturated rings. The Morgan fingerprint density at radius 3 is 2.30 bits per heavy atom. The zero-order valence-corrected chi connectivity index (χ0v) is 12.0. The van der Waals surface area contributed by atoms with E-state index in [0.29, 0.717) is 17.1 Å². The molecular formula is C16H17ClN2O. The van der Waals surface area contributed by atoms with Crippen molar-refractivity contribution in [3.63, 3.8) is 0 Å². The van der Waals surface area contributed by atoms with Crippen LogP contribution in [0.1, 0.15) is 34.5 Å². The van der Waals surface area contributed by atoms with Crippen molar-refractivity contribution >= 4 is 17.5 Å². The first kappa shape index (κ1) is 14.6. The minimum absolute atomic E-state index is 0.0750. The summed E-state index contributed by atoms with van der Waals surface area (Å²) in [6.07, 6.45) is 0. The van der Waals surface area contributed by atoms with Gasteiger partial charge in [-0.15, -0.1) is 0 Å². The van der Waals surface area contributed by atoms with E-state index in [1.807, 2.05) is 43.3 Å². The molecule has 0 aliphatic heterocycles. The van der Waals surface area contributed by atoms with Crippen LogP contribution >= 0.6 is 11.6 Å². The minimum Gasteiger partial charge on any atom is -0.346 e. The minimum atomic E-state index is -0.101. The fourth-order valence-electron chi connectivity index (χ4n) is 1.91. The first-order chi connectivity index (χ1) is 9.60. The lowest BCUT2D eigenvalue weighted by Crippen LogP contribution is -2.26. The molecule has 3 nitrogen and oxygen atoms in total. The molecule has 0 aliphatic rings. The Balaban J connectivity index is 2.04. The summed E-state index contributed by atoms with van der Waals surface area (Å²) in [6, 6.07) is 14.7. The van der Waals surface area contributed by atoms with Crippen LogP contribution < -0.4 is 11.1 Å². The highest BCUT2D eigenvalue weighted by Crippen LogP contribution is 2.16. The molecule has 0 radical (unpaired) electrons. The number of amides is 1. The number of hydrogen-bond donors (Lipinski definition) is 2. The molecule has 20 heavy (non-hydrogen) atoms. The molecule has 0 heterocycles. The number of nitrogens with one attached hydrogen (secondary N) is 1. The number of halogens is 1. The number of benzene rings is 2. The topological polar surface area (TPSA) is 55.1 Å². The summed E-state index contributed by atoms with van der Waals surface area (Å²) in [5.41, 5.74) is 8.18. The van der Waals surface area contributed by atoms with E-state index < -0.39 is 0 Å². The molecule has 0 aliphatic carbocycles. The smallest absolute Gasteiger partial charge is 0.251 e. The summed E-state index contributed by atoms with van der Waals surface area (Å²) in [7, 11) is 0. The second-order valence-corrected chi connectivity index (χ2v) is 5.08. The molecule has 0 saturated heterocycles. The zero-order chi connectivity index (χ0) is 14.5. The molecule has 2 aromatic rings. The molecule has 3 N–H and O–H groups in total. The lowest BCUT2D eigenvalue weighted by molar-refractivity contribution is 0.0940. The van der Waals surface area contributed by atoms with Gasteiger partial charge in [-0.1, -0.05) is 35.9 Å². The third kappa shape index (κ3) is 3.59. The van der Waals surface area contributed by atoms with Crippen molar-refractivity contribution in [3.05, 3.63) is 70.2 Å². The maximum absolute atomic E-state index is 12.1. The van der Waals surface area contributed by atoms with E-state index in [0.717, 1.165) is 11.1 Å². The summed E-state index contributed by atoms with van der Waals surface area (Å²) in [4.78, 5) is 12.1. The molecule has 0 aromatic heterocycles. The molecule has 2 rings (SSSR count). The van der Waals surface area contributed by atoms with E-state index in [2.05, 4.69) is 5.32 Å². The molecule has 104 valence electrons. The van der Waals surface area contributed by atoms with Gasteiger partial charge in [-0.05, 0) is 42.3 Å². The standard InChI is InChI=1S/C16H17ClN2O/c1-11(13-6-8-15(17)9-7-13)19-16(20)14-4-2-12(10-18)3-5-14/h2-9,11H,10,18H2,1H3,(H,19,20)/t11-/m0/s1. The van der Waals surface area contributed by atoms with E-state index in [4.69, 9.17) is 17.3 Å². The zero-order valence-electron chi connectivity index (χ0n) is 11.3. The van der Waals surface area contributed by atoms with Gasteiger partial charge in [-0.25, -0.2) is 0 Å². The average Bonchev–Trinajstić information content (AvgIpc) is 2.48. The van der Waals surface area contributed by atoms with Crippen LogP contribution in [0.4, 0.5) is 0 Å². The van der Waals surface area contributed by atoms with Crippen molar-refractivity contribution in [2.24, 2.45) is 5.73 Å². The van der Waals surface area contributed by atoms with Gasteiger partial charge in [0.1, 0.15) is 0 Å². The van der Waals surface area contributed by atoms with Crippen LogP contribution in [0.25, 0.3) is 0 Å². The summed E-state index contributed by atoms with van der Waals surface area (Å²) in [6.45, 7) is 2.42. The van der Waals surface area contributed by atoms with Crippen LogP contribution in [0, 0.1) is 0 Å². The number of rotatable bonds is 4. The predicted octanol–water partition coefficient (Wildman–Crippen LogP) is 3.29. The van der Waals surface area contributed by atoms with Crippen LogP contribution in [0.2, 0.25) is 5.02 Å². The van der Waals surface area contributed by atoms with Crippen LogP contribution in [-0.2, 0) is 6.54 Å². The van der Waals surface area contributed by atoms with Gasteiger partial charge in [0.15, 0.2) is 0 Å². The first-order valence-corrected chi connectivity index (χ1v) is 6.83. The highest BCUT2D eigenvalue weighted by atomic mass is 35.5. The maximum Gasteiger partial charge on any atom is 0.251 e. The van der Waals surface area contributed by atoms with Crippen molar-refractivity contribution < 1.29 is 4.79 Å². The quantitative estimate of drug-likeness (QED) is 0.907. The Hall–Kier alpha value is -1.84. The van der Waals surface area contributed by atoms with Crippen LogP contribution in [0.5, 0.6) is 0 Å². The number of nitrogens with two attached hydrogens (primary N) is 1. The van der Waals surface area contributed by atoms with Crippen molar-refractivity contribution in [2.75, 3.05) is 0 Å². The van der Waals surface area contributed by atoms with Gasteiger partial charge in [0.05, 0.1) is 6.04 Å². The maximum atomic E-state index is 12.1. The summed E-state index contributed by atoms with van der Waals surface area (Å²) in [5.74, 6) is -0.101. The van der Waals surface area contributed by atoms with Crippen LogP contribution in [0.15, 0.2) is 48.5 Å². The molecule has 1 amide bonds. The lowest BCUT2D eigenvalue weighted by atomic mass is 10.1. The summed E-state index contributed by atoms with van der Waals surface area (Å²) < 4.78 is 0. The summed E-state index contributed by atoms with van der Waals surface area (Å²) >= 11 is 5.85. The number of hydrogen-bond acceptors (Lipinski definition) is 2. The molecule has 1 atom stereocenters. The normalized spacial score (nSPS) is 11.9. The number of carbonyl (C=O) groups is 1. The third-order valence-electron chi connectivity index (χ3n) is 3.17. The molecule has 4 heteroatoms. The van der Waals surface area contributed by atoms with Crippen molar-refractivity contribution in [2.45, 2.75) is 19.5 Å². The highest BCUT2D eigenvalue weighted by Gasteiger charge is 2.11. The van der Waals surface area contributed by atoms with Gasteiger partial charge in [0.2, 0.25) is 0 Å². The van der Waals surface area contributed by atoms with Crippen LogP contribution in [0.3, 0.4) is 0 Å². The fraction of sp³-hybridized carbons (Fsp3) is 0.188. The fourth-order valence-corrected chi connectivity index (χ4v) is 2.03. The largest absolute Gasteiger partial charge is 0.346 e. The van der Waals surface area contributed by atoms with Gasteiger partial charge < -0.3 is 11.1 Å². The second kappa shape index (κ2) is 6.55. The molecule has 0 saturated carbocycles. The monoisotopic (exact) mass is 288 g/mol. The molecular weight excluding hydrogens is 272 g/mol. The number of carbonyl (C=O) groups excluding carboxylic acids is 1. The lowest BCUT2D eigenvalue weighted by Gasteiger charge is -2.14. The molecule has 0 spiro atoms. The third-order valence-corrected chi connectivity index (χ3v) is 3.42. The average molecular weight is 289 g/mol. The van der Waals surface area contributed by atoms with E-state index in [1.165, 1.54) is 0 Å². The van der Waals surface area contributed by atoms with Gasteiger partial charge in [-0.3, -0.25) is 4.79 Å². The summed E-state index contributed by atoms with van der Waals surface area (Å²) in [5, 5.41) is 3.64. The Morgan fingerprint density at radius 2 is 1.75 bits per heavy atom. The predicted molar refractivity (Wildman–Crippen MR) is 81.7 cm³/mol. The molecule has 0 bridgehead atoms. The van der Waals surface area contributed by atoms with Gasteiger partial charge in [0, 0.05) is 17.1 Å². The van der Waals surface area contributed by atoms with Crippen molar-refractivity contribution in [1.29, 1.82) is 0 Å². The SMILES string of the molecule is C[C@H](NC(=O)c1ccc(CN)cc1)c1ccc(Cl)cc1. The molecule has 0 unspecified atom stereocenters. The first-order valence-electron chi connectivity index (χ1n) is 6.45. The van der Waals surface area contributed by atoms with Gasteiger partial charge >= 0.3 is 0 Å². The van der Waals surface area contributed by atoms with Crippen molar-refractivity contribution in [3.8, 4) is 0 Å². The van der Waals surface area contributed by atoms with Crippen LogP contribution in [-0.4, -0.2) is 5.91 Å². The Bertz CT molecular complexity index is 578. The molecule has 2 aromatic carbocycles. The Kier molecular flexibility index (Phi) is 4.77. The van der Waals surface area contributed by atoms with Gasteiger partial charge in [0.25, 0.3) is 5.91 Å². The van der Waals surface area contributed by atoms with E-state index >= 15 is 0 Å². The second-order valence-electron chi connectivity index (χ2n) is 4.65. The Labute approximate surface area is 123 Å². The highest BCUT2D eigenvalue weighted by molar-refractivity contribution is 6.30. The van der Waals surface area contributed by atoms with Gasteiger partial charge in [-0.2, -0.15) is 0 Å². The van der Waals surface area contributed by atoms with E-state index in [-0.39, 0.29) is 11.9 Å². The van der Waals surface area contributed by atoms with Crippen molar-refractivity contribution in [1.82, 2.24) is 5.32 Å². The Morgan fingerprint density at radius 1 is 1.15 bits per heavy atom.